The van der Waals surface area contributed by atoms with Crippen LogP contribution in [0.3, 0.4) is 0 Å². The molecule has 1 saturated heterocycles. The Hall–Kier alpha value is -3.81. The number of methoxy groups -OCH3 is 1. The number of hydrogen-bond acceptors (Lipinski definition) is 6. The molecule has 0 spiro atoms. The van der Waals surface area contributed by atoms with E-state index in [1.807, 2.05) is 32.0 Å². The van der Waals surface area contributed by atoms with Gasteiger partial charge in [-0.15, -0.1) is 0 Å². The van der Waals surface area contributed by atoms with Gasteiger partial charge in [0.2, 0.25) is 5.91 Å². The second-order valence-corrected chi connectivity index (χ2v) is 8.89. The van der Waals surface area contributed by atoms with E-state index in [0.29, 0.717) is 28.8 Å². The van der Waals surface area contributed by atoms with E-state index < -0.39 is 5.97 Å². The molecule has 8 nitrogen and oxygen atoms in total. The highest BCUT2D eigenvalue weighted by Crippen LogP contribution is 2.28. The predicted molar refractivity (Wildman–Crippen MR) is 134 cm³/mol. The highest BCUT2D eigenvalue weighted by atomic mass is 16.5. The van der Waals surface area contributed by atoms with Crippen molar-refractivity contribution in [1.82, 2.24) is 4.98 Å². The number of rotatable bonds is 7. The van der Waals surface area contributed by atoms with Crippen molar-refractivity contribution in [3.63, 3.8) is 0 Å². The number of carboxylic acids is 1. The van der Waals surface area contributed by atoms with Crippen LogP contribution in [-0.4, -0.2) is 55.3 Å². The average molecular weight is 463 g/mol. The monoisotopic (exact) mass is 462 g/mol. The Balaban J connectivity index is 1.54. The van der Waals surface area contributed by atoms with Gasteiger partial charge in [-0.25, -0.2) is 9.78 Å². The van der Waals surface area contributed by atoms with E-state index in [0.717, 1.165) is 37.6 Å². The number of nitrogens with zero attached hydrogens (tertiary/aromatic N) is 3. The number of carbonyl (C=O) groups excluding carboxylic acids is 1. The fourth-order valence-corrected chi connectivity index (χ4v) is 4.21. The fraction of sp³-hybridized carbons (Fsp3) is 0.346. The lowest BCUT2D eigenvalue weighted by Crippen LogP contribution is -2.46. The third kappa shape index (κ3) is 5.22. The molecule has 2 heterocycles. The van der Waals surface area contributed by atoms with Gasteiger partial charge in [-0.05, 0) is 42.3 Å². The molecular weight excluding hydrogens is 432 g/mol. The summed E-state index contributed by atoms with van der Waals surface area (Å²) in [5.74, 6) is 0.594. The number of carbonyl (C=O) groups is 2. The predicted octanol–water partition coefficient (Wildman–Crippen LogP) is 4.25. The van der Waals surface area contributed by atoms with Gasteiger partial charge in [0.15, 0.2) is 0 Å². The summed E-state index contributed by atoms with van der Waals surface area (Å²) in [6.07, 6.45) is 0.406. The number of carboxylic acid groups (broad SMARTS) is 1. The number of pyridine rings is 1. The Morgan fingerprint density at radius 2 is 1.79 bits per heavy atom. The first-order chi connectivity index (χ1) is 16.3. The highest BCUT2D eigenvalue weighted by molar-refractivity contribution is 6.05. The first-order valence-corrected chi connectivity index (χ1v) is 11.5. The number of anilines is 3. The van der Waals surface area contributed by atoms with Crippen LogP contribution in [0.15, 0.2) is 48.5 Å². The van der Waals surface area contributed by atoms with Gasteiger partial charge < -0.3 is 25.0 Å². The van der Waals surface area contributed by atoms with Crippen molar-refractivity contribution in [2.24, 2.45) is 5.92 Å². The smallest absolute Gasteiger partial charge is 0.336 e. The van der Waals surface area contributed by atoms with E-state index in [9.17, 15) is 14.7 Å². The van der Waals surface area contributed by atoms with Crippen molar-refractivity contribution in [3.05, 3.63) is 54.1 Å². The van der Waals surface area contributed by atoms with E-state index >= 15 is 0 Å². The summed E-state index contributed by atoms with van der Waals surface area (Å²) in [6, 6.07) is 14.8. The maximum Gasteiger partial charge on any atom is 0.336 e. The number of nitrogens with one attached hydrogen (secondary N) is 1. The molecule has 0 bridgehead atoms. The van der Waals surface area contributed by atoms with E-state index in [4.69, 9.17) is 9.72 Å². The fourth-order valence-electron chi connectivity index (χ4n) is 4.21. The van der Waals surface area contributed by atoms with E-state index in [-0.39, 0.29) is 17.4 Å². The molecule has 0 radical (unpaired) electrons. The molecule has 178 valence electrons. The minimum absolute atomic E-state index is 0.0929. The van der Waals surface area contributed by atoms with Gasteiger partial charge in [0.25, 0.3) is 0 Å². The van der Waals surface area contributed by atoms with Crippen LogP contribution < -0.4 is 19.9 Å². The first kappa shape index (κ1) is 23.4. The lowest BCUT2D eigenvalue weighted by atomic mass is 10.1. The zero-order valence-electron chi connectivity index (χ0n) is 19.7. The molecule has 2 N–H and O–H groups in total. The molecule has 0 aliphatic carbocycles. The van der Waals surface area contributed by atoms with Gasteiger partial charge in [-0.3, -0.25) is 4.79 Å². The van der Waals surface area contributed by atoms with E-state index in [1.54, 1.807) is 31.4 Å². The molecular formula is C26H30N4O4. The van der Waals surface area contributed by atoms with Crippen LogP contribution in [0.25, 0.3) is 10.9 Å². The van der Waals surface area contributed by atoms with Gasteiger partial charge in [0, 0.05) is 55.4 Å². The summed E-state index contributed by atoms with van der Waals surface area (Å²) < 4.78 is 5.33. The average Bonchev–Trinajstić information content (AvgIpc) is 2.83. The molecule has 0 saturated carbocycles. The summed E-state index contributed by atoms with van der Waals surface area (Å²) in [5.41, 5.74) is 2.44. The van der Waals surface area contributed by atoms with Crippen molar-refractivity contribution in [2.75, 3.05) is 48.4 Å². The number of hydrogen-bond donors (Lipinski definition) is 2. The van der Waals surface area contributed by atoms with Crippen molar-refractivity contribution >= 4 is 40.0 Å². The topological polar surface area (TPSA) is 95.0 Å². The first-order valence-electron chi connectivity index (χ1n) is 11.5. The van der Waals surface area contributed by atoms with Gasteiger partial charge >= 0.3 is 5.97 Å². The largest absolute Gasteiger partial charge is 0.497 e. The van der Waals surface area contributed by atoms with E-state index in [1.165, 1.54) is 0 Å². The van der Waals surface area contributed by atoms with Crippen LogP contribution >= 0.6 is 0 Å². The highest BCUT2D eigenvalue weighted by Gasteiger charge is 2.21. The molecule has 1 aliphatic rings. The van der Waals surface area contributed by atoms with Crippen LogP contribution in [0.2, 0.25) is 0 Å². The van der Waals surface area contributed by atoms with Crippen LogP contribution in [0.4, 0.5) is 17.2 Å². The lowest BCUT2D eigenvalue weighted by Gasteiger charge is -2.37. The van der Waals surface area contributed by atoms with Crippen LogP contribution in [0.1, 0.15) is 30.6 Å². The molecule has 0 atom stereocenters. The molecule has 1 aromatic heterocycles. The molecule has 8 heteroatoms. The zero-order chi connectivity index (χ0) is 24.2. The number of ether oxygens (including phenoxy) is 1. The Bertz CT molecular complexity index is 1200. The summed E-state index contributed by atoms with van der Waals surface area (Å²) >= 11 is 0. The standard InChI is InChI=1S/C26H30N4O4/c1-17(2)13-25(31)27-18-7-8-23-21(14-18)22(26(32)33)16-24(28-23)30-11-9-29(10-12-30)19-5-4-6-20(15-19)34-3/h4-8,14-17H,9-13H2,1-3H3,(H,27,31)(H,32,33). The SMILES string of the molecule is COc1cccc(N2CCN(c3cc(C(=O)O)c4cc(NC(=O)CC(C)C)ccc4n3)CC2)c1. The van der Waals surface area contributed by atoms with Gasteiger partial charge in [0.1, 0.15) is 11.6 Å². The summed E-state index contributed by atoms with van der Waals surface area (Å²) in [5, 5.41) is 13.2. The molecule has 2 aromatic carbocycles. The number of benzene rings is 2. The lowest BCUT2D eigenvalue weighted by molar-refractivity contribution is -0.116. The Labute approximate surface area is 199 Å². The normalized spacial score (nSPS) is 13.9. The zero-order valence-corrected chi connectivity index (χ0v) is 19.7. The van der Waals surface area contributed by atoms with Gasteiger partial charge in [-0.2, -0.15) is 0 Å². The van der Waals surface area contributed by atoms with Crippen molar-refractivity contribution in [3.8, 4) is 5.75 Å². The Morgan fingerprint density at radius 1 is 1.06 bits per heavy atom. The second-order valence-electron chi connectivity index (χ2n) is 8.89. The Kier molecular flexibility index (Phi) is 6.86. The third-order valence-electron chi connectivity index (χ3n) is 5.93. The third-order valence-corrected chi connectivity index (χ3v) is 5.93. The van der Waals surface area contributed by atoms with Crippen LogP contribution in [0.5, 0.6) is 5.75 Å². The molecule has 34 heavy (non-hydrogen) atoms. The number of aromatic carboxylic acids is 1. The summed E-state index contributed by atoms with van der Waals surface area (Å²) in [6.45, 7) is 6.97. The molecule has 4 rings (SSSR count). The summed E-state index contributed by atoms with van der Waals surface area (Å²) in [4.78, 5) is 33.4. The Morgan fingerprint density at radius 3 is 2.47 bits per heavy atom. The number of amides is 1. The minimum Gasteiger partial charge on any atom is -0.497 e. The van der Waals surface area contributed by atoms with Crippen molar-refractivity contribution in [1.29, 1.82) is 0 Å². The maximum atomic E-state index is 12.1. The van der Waals surface area contributed by atoms with Crippen molar-refractivity contribution in [2.45, 2.75) is 20.3 Å². The molecule has 0 unspecified atom stereocenters. The van der Waals surface area contributed by atoms with Crippen molar-refractivity contribution < 1.29 is 19.4 Å². The van der Waals surface area contributed by atoms with Gasteiger partial charge in [-0.1, -0.05) is 19.9 Å². The number of piperazine rings is 1. The summed E-state index contributed by atoms with van der Waals surface area (Å²) in [7, 11) is 1.66. The molecule has 3 aromatic rings. The molecule has 1 fully saturated rings. The number of aromatic nitrogens is 1. The van der Waals surface area contributed by atoms with Gasteiger partial charge in [0.05, 0.1) is 18.2 Å². The van der Waals surface area contributed by atoms with E-state index in [2.05, 4.69) is 21.2 Å². The van der Waals surface area contributed by atoms with Crippen LogP contribution in [0, 0.1) is 5.92 Å². The minimum atomic E-state index is -1.02. The van der Waals surface area contributed by atoms with Crippen LogP contribution in [-0.2, 0) is 4.79 Å². The maximum absolute atomic E-state index is 12.1. The number of fused-ring (bicyclic) bond motifs is 1. The molecule has 1 amide bonds. The second kappa shape index (κ2) is 9.99. The quantitative estimate of drug-likeness (QED) is 0.542. The molecule has 1 aliphatic heterocycles.